The molecule has 7 heteroatoms. The van der Waals surface area contributed by atoms with Gasteiger partial charge in [-0.1, -0.05) is 12.1 Å². The summed E-state index contributed by atoms with van der Waals surface area (Å²) in [5.74, 6) is 0.652. The van der Waals surface area contributed by atoms with Crippen LogP contribution in [0.4, 0.5) is 0 Å². The van der Waals surface area contributed by atoms with Crippen molar-refractivity contribution in [1.82, 2.24) is 20.2 Å². The molecule has 29 heavy (non-hydrogen) atoms. The van der Waals surface area contributed by atoms with E-state index in [9.17, 15) is 9.59 Å². The van der Waals surface area contributed by atoms with Crippen molar-refractivity contribution < 1.29 is 14.3 Å². The molecule has 0 saturated carbocycles. The number of hydrogen-bond donors (Lipinski definition) is 2. The molecular formula is C22H30N4O3. The van der Waals surface area contributed by atoms with Crippen molar-refractivity contribution in [2.75, 3.05) is 13.7 Å². The van der Waals surface area contributed by atoms with E-state index in [0.29, 0.717) is 31.0 Å². The average Bonchev–Trinajstić information content (AvgIpc) is 3.07. The van der Waals surface area contributed by atoms with Gasteiger partial charge in [-0.2, -0.15) is 0 Å². The van der Waals surface area contributed by atoms with E-state index in [-0.39, 0.29) is 17.4 Å². The molecular weight excluding hydrogens is 368 g/mol. The number of carbonyl (C=O) groups excluding carboxylic acids is 2. The molecule has 1 aromatic heterocycles. The second-order valence-corrected chi connectivity index (χ2v) is 8.40. The minimum atomic E-state index is -0.360. The molecule has 2 heterocycles. The Kier molecular flexibility index (Phi) is 6.25. The maximum Gasteiger partial charge on any atom is 0.287 e. The van der Waals surface area contributed by atoms with Gasteiger partial charge in [0.1, 0.15) is 11.4 Å². The van der Waals surface area contributed by atoms with E-state index in [4.69, 9.17) is 4.74 Å². The normalized spacial score (nSPS) is 13.5. The van der Waals surface area contributed by atoms with Crippen molar-refractivity contribution in [3.63, 3.8) is 0 Å². The molecule has 0 atom stereocenters. The first kappa shape index (κ1) is 20.9. The predicted molar refractivity (Wildman–Crippen MR) is 111 cm³/mol. The van der Waals surface area contributed by atoms with Crippen molar-refractivity contribution in [3.05, 3.63) is 47.0 Å². The van der Waals surface area contributed by atoms with E-state index < -0.39 is 0 Å². The van der Waals surface area contributed by atoms with Crippen LogP contribution < -0.4 is 15.4 Å². The lowest BCUT2D eigenvalue weighted by Crippen LogP contribution is -2.41. The second kappa shape index (κ2) is 8.68. The Morgan fingerprint density at radius 1 is 1.21 bits per heavy atom. The summed E-state index contributed by atoms with van der Waals surface area (Å²) < 4.78 is 7.14. The first-order valence-electron chi connectivity index (χ1n) is 10.1. The summed E-state index contributed by atoms with van der Waals surface area (Å²) in [6, 6.07) is 7.78. The summed E-state index contributed by atoms with van der Waals surface area (Å²) in [6.45, 7) is 6.99. The van der Waals surface area contributed by atoms with Crippen molar-refractivity contribution in [2.45, 2.75) is 58.5 Å². The van der Waals surface area contributed by atoms with Crippen LogP contribution in [0.1, 0.15) is 66.0 Å². The van der Waals surface area contributed by atoms with E-state index in [1.54, 1.807) is 7.11 Å². The van der Waals surface area contributed by atoms with Crippen molar-refractivity contribution >= 4 is 11.8 Å². The third kappa shape index (κ3) is 5.16. The number of carbonyl (C=O) groups is 2. The van der Waals surface area contributed by atoms with E-state index in [2.05, 4.69) is 15.6 Å². The van der Waals surface area contributed by atoms with Crippen LogP contribution in [0.5, 0.6) is 5.75 Å². The Balaban J connectivity index is 1.72. The Hall–Kier alpha value is -2.83. The van der Waals surface area contributed by atoms with Gasteiger partial charge in [0.15, 0.2) is 5.82 Å². The standard InChI is InChI=1S/C22H30N4O3/c1-22(2,3)25-20(27)18-17-10-5-6-13-26(17)19(24-18)21(28)23-12-11-15-8-7-9-16(14-15)29-4/h7-9,14H,5-6,10-13H2,1-4H3,(H,23,28)(H,25,27). The molecule has 0 unspecified atom stereocenters. The molecule has 7 nitrogen and oxygen atoms in total. The van der Waals surface area contributed by atoms with E-state index in [1.807, 2.05) is 49.6 Å². The molecule has 2 amide bonds. The van der Waals surface area contributed by atoms with Crippen LogP contribution in [0.3, 0.4) is 0 Å². The van der Waals surface area contributed by atoms with Crippen LogP contribution in [0.25, 0.3) is 0 Å². The van der Waals surface area contributed by atoms with Crippen molar-refractivity contribution in [2.24, 2.45) is 0 Å². The third-order valence-corrected chi connectivity index (χ3v) is 4.86. The van der Waals surface area contributed by atoms with Gasteiger partial charge >= 0.3 is 0 Å². The summed E-state index contributed by atoms with van der Waals surface area (Å²) in [7, 11) is 1.63. The number of rotatable bonds is 6. The number of fused-ring (bicyclic) bond motifs is 1. The van der Waals surface area contributed by atoms with Gasteiger partial charge in [0, 0.05) is 18.6 Å². The zero-order valence-corrected chi connectivity index (χ0v) is 17.7. The minimum absolute atomic E-state index is 0.224. The summed E-state index contributed by atoms with van der Waals surface area (Å²) >= 11 is 0. The summed E-state index contributed by atoms with van der Waals surface area (Å²) in [5, 5.41) is 5.90. The highest BCUT2D eigenvalue weighted by atomic mass is 16.5. The largest absolute Gasteiger partial charge is 0.497 e. The molecule has 0 bridgehead atoms. The highest BCUT2D eigenvalue weighted by molar-refractivity contribution is 5.97. The second-order valence-electron chi connectivity index (χ2n) is 8.40. The number of methoxy groups -OCH3 is 1. The Morgan fingerprint density at radius 3 is 2.72 bits per heavy atom. The summed E-state index contributed by atoms with van der Waals surface area (Å²) in [6.07, 6.45) is 3.43. The van der Waals surface area contributed by atoms with Crippen LogP contribution in [0.15, 0.2) is 24.3 Å². The first-order chi connectivity index (χ1) is 13.8. The first-order valence-corrected chi connectivity index (χ1v) is 10.1. The van der Waals surface area contributed by atoms with Crippen LogP contribution in [-0.4, -0.2) is 40.6 Å². The quantitative estimate of drug-likeness (QED) is 0.784. The fourth-order valence-corrected chi connectivity index (χ4v) is 3.53. The Labute approximate surface area is 171 Å². The number of ether oxygens (including phenoxy) is 1. The summed E-state index contributed by atoms with van der Waals surface area (Å²) in [5.41, 5.74) is 1.95. The molecule has 2 aromatic rings. The van der Waals surface area contributed by atoms with Gasteiger partial charge in [-0.15, -0.1) is 0 Å². The van der Waals surface area contributed by atoms with Crippen molar-refractivity contribution in [3.8, 4) is 5.75 Å². The molecule has 1 aliphatic heterocycles. The molecule has 3 rings (SSSR count). The maximum absolute atomic E-state index is 12.8. The van der Waals surface area contributed by atoms with E-state index in [1.165, 1.54) is 0 Å². The smallest absolute Gasteiger partial charge is 0.287 e. The van der Waals surface area contributed by atoms with Gasteiger partial charge in [-0.25, -0.2) is 4.98 Å². The van der Waals surface area contributed by atoms with Crippen LogP contribution in [0, 0.1) is 0 Å². The molecule has 0 fully saturated rings. The van der Waals surface area contributed by atoms with Crippen LogP contribution >= 0.6 is 0 Å². The number of benzene rings is 1. The fraction of sp³-hybridized carbons (Fsp3) is 0.500. The van der Waals surface area contributed by atoms with E-state index >= 15 is 0 Å². The van der Waals surface area contributed by atoms with Gasteiger partial charge in [0.2, 0.25) is 0 Å². The molecule has 1 aliphatic rings. The van der Waals surface area contributed by atoms with Crippen LogP contribution in [0.2, 0.25) is 0 Å². The molecule has 0 aliphatic carbocycles. The lowest BCUT2D eigenvalue weighted by Gasteiger charge is -2.21. The number of nitrogens with one attached hydrogen (secondary N) is 2. The highest BCUT2D eigenvalue weighted by Gasteiger charge is 2.28. The number of nitrogens with zero attached hydrogens (tertiary/aromatic N) is 2. The minimum Gasteiger partial charge on any atom is -0.497 e. The SMILES string of the molecule is COc1cccc(CCNC(=O)c2nc(C(=O)NC(C)(C)C)c3n2CCCC3)c1. The lowest BCUT2D eigenvalue weighted by molar-refractivity contribution is 0.0913. The summed E-state index contributed by atoms with van der Waals surface area (Å²) in [4.78, 5) is 29.9. The zero-order chi connectivity index (χ0) is 21.0. The molecule has 1 aromatic carbocycles. The lowest BCUT2D eigenvalue weighted by atomic mass is 10.1. The number of aromatic nitrogens is 2. The monoisotopic (exact) mass is 398 g/mol. The molecule has 0 radical (unpaired) electrons. The molecule has 2 N–H and O–H groups in total. The van der Waals surface area contributed by atoms with Crippen LogP contribution in [-0.2, 0) is 19.4 Å². The van der Waals surface area contributed by atoms with Gasteiger partial charge in [-0.3, -0.25) is 9.59 Å². The number of imidazole rings is 1. The maximum atomic E-state index is 12.8. The van der Waals surface area contributed by atoms with Gasteiger partial charge < -0.3 is 19.9 Å². The van der Waals surface area contributed by atoms with Gasteiger partial charge in [0.25, 0.3) is 11.8 Å². The van der Waals surface area contributed by atoms with E-state index in [0.717, 1.165) is 36.3 Å². The fourth-order valence-electron chi connectivity index (χ4n) is 3.53. The predicted octanol–water partition coefficient (Wildman–Crippen LogP) is 2.73. The van der Waals surface area contributed by atoms with Crippen molar-refractivity contribution in [1.29, 1.82) is 0 Å². The molecule has 0 saturated heterocycles. The van der Waals surface area contributed by atoms with Gasteiger partial charge in [-0.05, 0) is 64.2 Å². The molecule has 0 spiro atoms. The zero-order valence-electron chi connectivity index (χ0n) is 17.7. The number of amides is 2. The van der Waals surface area contributed by atoms with Gasteiger partial charge in [0.05, 0.1) is 12.8 Å². The highest BCUT2D eigenvalue weighted by Crippen LogP contribution is 2.22. The Morgan fingerprint density at radius 2 is 2.00 bits per heavy atom. The average molecular weight is 399 g/mol. The topological polar surface area (TPSA) is 85.2 Å². The molecule has 156 valence electrons. The number of hydrogen-bond acceptors (Lipinski definition) is 4. The Bertz CT molecular complexity index is 896. The third-order valence-electron chi connectivity index (χ3n) is 4.86.